The van der Waals surface area contributed by atoms with Gasteiger partial charge in [0.1, 0.15) is 0 Å². The van der Waals surface area contributed by atoms with E-state index in [1.807, 2.05) is 18.2 Å². The molecule has 2 rings (SSSR count). The molecule has 1 atom stereocenters. The van der Waals surface area contributed by atoms with Crippen LogP contribution < -0.4 is 5.32 Å². The molecular weight excluding hydrogens is 300 g/mol. The maximum absolute atomic E-state index is 13.8. The van der Waals surface area contributed by atoms with E-state index in [1.165, 1.54) is 6.20 Å². The van der Waals surface area contributed by atoms with Crippen LogP contribution >= 0.6 is 24.8 Å². The molecule has 1 saturated heterocycles. The van der Waals surface area contributed by atoms with E-state index in [-0.39, 0.29) is 36.8 Å². The summed E-state index contributed by atoms with van der Waals surface area (Å²) in [7, 11) is 0. The van der Waals surface area contributed by atoms with Gasteiger partial charge in [-0.2, -0.15) is 4.39 Å². The lowest BCUT2D eigenvalue weighted by Gasteiger charge is -2.35. The molecule has 0 saturated carbocycles. The number of pyridine rings is 1. The van der Waals surface area contributed by atoms with Crippen LogP contribution in [-0.4, -0.2) is 36.1 Å². The van der Waals surface area contributed by atoms with Crippen LogP contribution in [0, 0.1) is 5.95 Å². The second kappa shape index (κ2) is 10.1. The third kappa shape index (κ3) is 5.02. The number of rotatable bonds is 5. The number of aromatic nitrogens is 1. The van der Waals surface area contributed by atoms with Gasteiger partial charge in [-0.15, -0.1) is 31.4 Å². The highest BCUT2D eigenvalue weighted by atomic mass is 35.5. The van der Waals surface area contributed by atoms with E-state index in [0.29, 0.717) is 5.56 Å². The molecule has 1 fully saturated rings. The summed E-state index contributed by atoms with van der Waals surface area (Å²) >= 11 is 0. The Morgan fingerprint density at radius 2 is 2.10 bits per heavy atom. The van der Waals surface area contributed by atoms with E-state index in [4.69, 9.17) is 0 Å². The summed E-state index contributed by atoms with van der Waals surface area (Å²) in [4.78, 5) is 6.10. The lowest BCUT2D eigenvalue weighted by atomic mass is 10.0. The molecule has 0 amide bonds. The summed E-state index contributed by atoms with van der Waals surface area (Å²) < 4.78 is 13.8. The van der Waals surface area contributed by atoms with Crippen molar-refractivity contribution >= 4 is 24.8 Å². The van der Waals surface area contributed by atoms with Crippen LogP contribution in [0.4, 0.5) is 4.39 Å². The molecule has 0 radical (unpaired) electrons. The zero-order valence-corrected chi connectivity index (χ0v) is 13.1. The van der Waals surface area contributed by atoms with E-state index in [2.05, 4.69) is 21.8 Å². The molecule has 6 heteroatoms. The molecule has 2 heterocycles. The molecule has 0 aromatic carbocycles. The first kappa shape index (κ1) is 19.3. The van der Waals surface area contributed by atoms with Crippen molar-refractivity contribution in [3.8, 4) is 0 Å². The molecule has 1 aromatic rings. The van der Waals surface area contributed by atoms with Crippen LogP contribution in [0.25, 0.3) is 0 Å². The van der Waals surface area contributed by atoms with E-state index in [1.54, 1.807) is 0 Å². The Morgan fingerprint density at radius 1 is 1.40 bits per heavy atom. The van der Waals surface area contributed by atoms with E-state index in [0.717, 1.165) is 39.0 Å². The fraction of sp³-hybridized carbons (Fsp3) is 0.500. The van der Waals surface area contributed by atoms with Crippen molar-refractivity contribution < 1.29 is 4.39 Å². The van der Waals surface area contributed by atoms with Gasteiger partial charge in [0.2, 0.25) is 5.95 Å². The highest BCUT2D eigenvalue weighted by Gasteiger charge is 2.24. The zero-order chi connectivity index (χ0) is 12.8. The summed E-state index contributed by atoms with van der Waals surface area (Å²) in [6.07, 6.45) is 5.18. The minimum atomic E-state index is -0.343. The van der Waals surface area contributed by atoms with Crippen molar-refractivity contribution in [3.63, 3.8) is 0 Å². The molecule has 3 nitrogen and oxygen atoms in total. The molecule has 114 valence electrons. The predicted molar refractivity (Wildman–Crippen MR) is 85.3 cm³/mol. The number of nitrogens with one attached hydrogen (secondary N) is 1. The van der Waals surface area contributed by atoms with Gasteiger partial charge >= 0.3 is 0 Å². The number of nitrogens with zero attached hydrogens (tertiary/aromatic N) is 2. The molecule has 0 aliphatic carbocycles. The summed E-state index contributed by atoms with van der Waals surface area (Å²) in [5.41, 5.74) is 0.709. The van der Waals surface area contributed by atoms with Gasteiger partial charge in [-0.3, -0.25) is 4.90 Å². The lowest BCUT2D eigenvalue weighted by molar-refractivity contribution is 0.162. The van der Waals surface area contributed by atoms with Gasteiger partial charge in [0.05, 0.1) is 0 Å². The molecule has 1 N–H and O–H groups in total. The molecule has 0 spiro atoms. The van der Waals surface area contributed by atoms with Crippen LogP contribution in [0.5, 0.6) is 0 Å². The maximum atomic E-state index is 13.8. The van der Waals surface area contributed by atoms with Crippen molar-refractivity contribution in [2.45, 2.75) is 18.9 Å². The standard InChI is InChI=1S/C14H20FN3.2ClH/c1-2-3-6-13(18-10-8-16-9-11-18)12-5-4-7-17-14(12)15;;/h2,4-5,7,13,16H,1,3,6,8-11H2;2*1H/t13-;;/m1../s1. The topological polar surface area (TPSA) is 28.2 Å². The number of hydrogen-bond acceptors (Lipinski definition) is 3. The van der Waals surface area contributed by atoms with Gasteiger partial charge < -0.3 is 5.32 Å². The smallest absolute Gasteiger partial charge is 0.217 e. The Balaban J connectivity index is 0.00000180. The van der Waals surface area contributed by atoms with E-state index < -0.39 is 0 Å². The van der Waals surface area contributed by atoms with Crippen molar-refractivity contribution in [2.24, 2.45) is 0 Å². The summed E-state index contributed by atoms with van der Waals surface area (Å²) in [6, 6.07) is 3.76. The summed E-state index contributed by atoms with van der Waals surface area (Å²) in [5, 5.41) is 3.32. The summed E-state index contributed by atoms with van der Waals surface area (Å²) in [6.45, 7) is 7.59. The van der Waals surface area contributed by atoms with Gasteiger partial charge in [0.25, 0.3) is 0 Å². The normalized spacial score (nSPS) is 16.6. The number of allylic oxidation sites excluding steroid dienone is 1. The van der Waals surface area contributed by atoms with Gasteiger partial charge in [-0.1, -0.05) is 12.1 Å². The Bertz CT molecular complexity index is 398. The first-order valence-corrected chi connectivity index (χ1v) is 6.49. The SMILES string of the molecule is C=CCC[C@H](c1cccnc1F)N1CCNCC1.Cl.Cl. The van der Waals surface area contributed by atoms with Crippen LogP contribution in [0.15, 0.2) is 31.0 Å². The molecule has 0 bridgehead atoms. The second-order valence-corrected chi connectivity index (χ2v) is 4.55. The fourth-order valence-corrected chi connectivity index (χ4v) is 2.45. The molecule has 0 unspecified atom stereocenters. The lowest BCUT2D eigenvalue weighted by Crippen LogP contribution is -2.45. The first-order chi connectivity index (χ1) is 8.83. The highest BCUT2D eigenvalue weighted by molar-refractivity contribution is 5.85. The maximum Gasteiger partial charge on any atom is 0.217 e. The van der Waals surface area contributed by atoms with Gasteiger partial charge in [0, 0.05) is 44.0 Å². The first-order valence-electron chi connectivity index (χ1n) is 6.49. The largest absolute Gasteiger partial charge is 0.314 e. The van der Waals surface area contributed by atoms with Gasteiger partial charge in [0.15, 0.2) is 0 Å². The zero-order valence-electron chi connectivity index (χ0n) is 11.4. The van der Waals surface area contributed by atoms with Crippen LogP contribution in [0.2, 0.25) is 0 Å². The van der Waals surface area contributed by atoms with Crippen molar-refractivity contribution in [2.75, 3.05) is 26.2 Å². The van der Waals surface area contributed by atoms with Crippen molar-refractivity contribution in [1.82, 2.24) is 15.2 Å². The van der Waals surface area contributed by atoms with Crippen LogP contribution in [0.3, 0.4) is 0 Å². The molecule has 1 aliphatic heterocycles. The van der Waals surface area contributed by atoms with Crippen LogP contribution in [0.1, 0.15) is 24.4 Å². The van der Waals surface area contributed by atoms with E-state index in [9.17, 15) is 4.39 Å². The average Bonchev–Trinajstić information content (AvgIpc) is 2.42. The Morgan fingerprint density at radius 3 is 2.70 bits per heavy atom. The Kier molecular flexibility index (Phi) is 9.76. The summed E-state index contributed by atoms with van der Waals surface area (Å²) in [5.74, 6) is -0.343. The third-order valence-electron chi connectivity index (χ3n) is 3.38. The third-order valence-corrected chi connectivity index (χ3v) is 3.38. The molecule has 1 aliphatic rings. The number of halogens is 3. The quantitative estimate of drug-likeness (QED) is 0.667. The minimum Gasteiger partial charge on any atom is -0.314 e. The monoisotopic (exact) mass is 321 g/mol. The molecule has 1 aromatic heterocycles. The number of hydrogen-bond donors (Lipinski definition) is 1. The van der Waals surface area contributed by atoms with Crippen LogP contribution in [-0.2, 0) is 0 Å². The fourth-order valence-electron chi connectivity index (χ4n) is 2.45. The van der Waals surface area contributed by atoms with E-state index >= 15 is 0 Å². The Hall–Kier alpha value is -0.680. The average molecular weight is 322 g/mol. The van der Waals surface area contributed by atoms with Gasteiger partial charge in [-0.25, -0.2) is 4.98 Å². The molecule has 20 heavy (non-hydrogen) atoms. The predicted octanol–water partition coefficient (Wildman–Crippen LogP) is 2.98. The second-order valence-electron chi connectivity index (χ2n) is 4.55. The van der Waals surface area contributed by atoms with Crippen molar-refractivity contribution in [1.29, 1.82) is 0 Å². The minimum absolute atomic E-state index is 0. The highest BCUT2D eigenvalue weighted by Crippen LogP contribution is 2.27. The molecular formula is C14H22Cl2FN3. The van der Waals surface area contributed by atoms with Crippen molar-refractivity contribution in [3.05, 3.63) is 42.5 Å². The number of piperazine rings is 1. The Labute approximate surface area is 132 Å². The van der Waals surface area contributed by atoms with Gasteiger partial charge in [-0.05, 0) is 18.9 Å².